The van der Waals surface area contributed by atoms with Gasteiger partial charge in [0.1, 0.15) is 0 Å². The Bertz CT molecular complexity index is 107. The normalized spacial score (nSPS) is 41.7. The van der Waals surface area contributed by atoms with Gasteiger partial charge in [0.2, 0.25) is 0 Å². The molecule has 0 bridgehead atoms. The van der Waals surface area contributed by atoms with E-state index in [0.29, 0.717) is 0 Å². The van der Waals surface area contributed by atoms with Crippen molar-refractivity contribution in [3.05, 3.63) is 0 Å². The van der Waals surface area contributed by atoms with Gasteiger partial charge in [0, 0.05) is 0 Å². The van der Waals surface area contributed by atoms with Gasteiger partial charge in [0.05, 0.1) is 5.60 Å². The second-order valence-electron chi connectivity index (χ2n) is 3.87. The van der Waals surface area contributed by atoms with Gasteiger partial charge in [-0.3, -0.25) is 0 Å². The van der Waals surface area contributed by atoms with E-state index in [2.05, 4.69) is 6.92 Å². The van der Waals surface area contributed by atoms with Crippen LogP contribution in [0.3, 0.4) is 0 Å². The highest BCUT2D eigenvalue weighted by atomic mass is 16.3. The van der Waals surface area contributed by atoms with Crippen LogP contribution in [0.5, 0.6) is 0 Å². The Balaban J connectivity index is 2.40. The Kier molecular flexibility index (Phi) is 2.35. The molecule has 0 spiro atoms. The van der Waals surface area contributed by atoms with Crippen molar-refractivity contribution in [3.63, 3.8) is 0 Å². The topological polar surface area (TPSA) is 20.2 Å². The van der Waals surface area contributed by atoms with E-state index in [9.17, 15) is 5.11 Å². The predicted molar refractivity (Wildman–Crippen MR) is 42.9 cm³/mol. The van der Waals surface area contributed by atoms with E-state index in [1.54, 1.807) is 0 Å². The van der Waals surface area contributed by atoms with Gasteiger partial charge in [-0.25, -0.2) is 0 Å². The Morgan fingerprint density at radius 3 is 2.70 bits per heavy atom. The van der Waals surface area contributed by atoms with Gasteiger partial charge in [-0.2, -0.15) is 0 Å². The average Bonchev–Trinajstić information content (AvgIpc) is 1.86. The molecule has 0 aromatic rings. The monoisotopic (exact) mass is 142 g/mol. The zero-order valence-electron chi connectivity index (χ0n) is 7.06. The smallest absolute Gasteiger partial charge is 0.0622 e. The minimum Gasteiger partial charge on any atom is -0.390 e. The van der Waals surface area contributed by atoms with Crippen molar-refractivity contribution in [1.82, 2.24) is 0 Å². The van der Waals surface area contributed by atoms with E-state index in [0.717, 1.165) is 18.8 Å². The summed E-state index contributed by atoms with van der Waals surface area (Å²) < 4.78 is 0. The van der Waals surface area contributed by atoms with Gasteiger partial charge in [-0.05, 0) is 25.7 Å². The van der Waals surface area contributed by atoms with Crippen LogP contribution in [-0.2, 0) is 0 Å². The maximum absolute atomic E-state index is 9.68. The highest BCUT2D eigenvalue weighted by Crippen LogP contribution is 2.33. The molecule has 1 saturated carbocycles. The quantitative estimate of drug-likeness (QED) is 0.595. The molecule has 60 valence electrons. The van der Waals surface area contributed by atoms with Crippen LogP contribution >= 0.6 is 0 Å². The third-order valence-corrected chi connectivity index (χ3v) is 2.63. The van der Waals surface area contributed by atoms with Crippen molar-refractivity contribution in [3.8, 4) is 0 Å². The third kappa shape index (κ3) is 1.98. The van der Waals surface area contributed by atoms with E-state index >= 15 is 0 Å². The molecule has 0 radical (unpaired) electrons. The maximum atomic E-state index is 9.68. The molecule has 1 nitrogen and oxygen atoms in total. The first-order chi connectivity index (χ1) is 4.64. The SMILES string of the molecule is CCC1CCCC(C)(O)C1. The highest BCUT2D eigenvalue weighted by Gasteiger charge is 2.28. The Hall–Kier alpha value is -0.0400. The standard InChI is InChI=1S/C9H18O/c1-3-8-5-4-6-9(2,10)7-8/h8,10H,3-7H2,1-2H3. The average molecular weight is 142 g/mol. The maximum Gasteiger partial charge on any atom is 0.0622 e. The molecule has 1 aliphatic carbocycles. The number of aliphatic hydroxyl groups is 1. The molecule has 1 fully saturated rings. The lowest BCUT2D eigenvalue weighted by atomic mass is 9.78. The van der Waals surface area contributed by atoms with Crippen LogP contribution in [0.2, 0.25) is 0 Å². The van der Waals surface area contributed by atoms with Crippen LogP contribution in [0.1, 0.15) is 46.0 Å². The van der Waals surface area contributed by atoms with Crippen LogP contribution in [0.4, 0.5) is 0 Å². The van der Waals surface area contributed by atoms with Crippen LogP contribution in [0, 0.1) is 5.92 Å². The molecule has 0 aliphatic heterocycles. The summed E-state index contributed by atoms with van der Waals surface area (Å²) in [6.07, 6.45) is 5.79. The first kappa shape index (κ1) is 8.06. The second kappa shape index (κ2) is 2.91. The molecule has 0 heterocycles. The van der Waals surface area contributed by atoms with Crippen LogP contribution in [-0.4, -0.2) is 10.7 Å². The minimum absolute atomic E-state index is 0.348. The highest BCUT2D eigenvalue weighted by molar-refractivity contribution is 4.81. The first-order valence-corrected chi connectivity index (χ1v) is 4.36. The van der Waals surface area contributed by atoms with Crippen molar-refractivity contribution < 1.29 is 5.11 Å². The largest absolute Gasteiger partial charge is 0.390 e. The fourth-order valence-electron chi connectivity index (χ4n) is 1.95. The van der Waals surface area contributed by atoms with Crippen LogP contribution in [0.15, 0.2) is 0 Å². The molecule has 0 saturated heterocycles. The zero-order valence-corrected chi connectivity index (χ0v) is 7.06. The van der Waals surface area contributed by atoms with Crippen molar-refractivity contribution in [2.75, 3.05) is 0 Å². The van der Waals surface area contributed by atoms with Gasteiger partial charge in [-0.15, -0.1) is 0 Å². The molecular weight excluding hydrogens is 124 g/mol. The summed E-state index contributed by atoms with van der Waals surface area (Å²) in [4.78, 5) is 0. The van der Waals surface area contributed by atoms with Gasteiger partial charge in [0.25, 0.3) is 0 Å². The number of rotatable bonds is 1. The molecular formula is C9H18O. The number of hydrogen-bond donors (Lipinski definition) is 1. The van der Waals surface area contributed by atoms with Gasteiger partial charge >= 0.3 is 0 Å². The van der Waals surface area contributed by atoms with Gasteiger partial charge in [-0.1, -0.05) is 26.2 Å². The summed E-state index contributed by atoms with van der Waals surface area (Å²) in [5, 5.41) is 9.68. The first-order valence-electron chi connectivity index (χ1n) is 4.36. The molecule has 2 atom stereocenters. The van der Waals surface area contributed by atoms with E-state index in [-0.39, 0.29) is 5.60 Å². The summed E-state index contributed by atoms with van der Waals surface area (Å²) in [6, 6.07) is 0. The summed E-state index contributed by atoms with van der Waals surface area (Å²) in [7, 11) is 0. The lowest BCUT2D eigenvalue weighted by Gasteiger charge is -2.33. The number of hydrogen-bond acceptors (Lipinski definition) is 1. The van der Waals surface area contributed by atoms with Crippen LogP contribution in [0.25, 0.3) is 0 Å². The van der Waals surface area contributed by atoms with E-state index in [1.165, 1.54) is 19.3 Å². The Labute approximate surface area is 63.4 Å². The van der Waals surface area contributed by atoms with Gasteiger partial charge < -0.3 is 5.11 Å². The van der Waals surface area contributed by atoms with Gasteiger partial charge in [0.15, 0.2) is 0 Å². The van der Waals surface area contributed by atoms with Crippen molar-refractivity contribution in [1.29, 1.82) is 0 Å². The Morgan fingerprint density at radius 2 is 2.30 bits per heavy atom. The molecule has 0 aromatic heterocycles. The summed E-state index contributed by atoms with van der Waals surface area (Å²) in [5.74, 6) is 0.781. The molecule has 0 amide bonds. The minimum atomic E-state index is -0.348. The second-order valence-corrected chi connectivity index (χ2v) is 3.87. The fraction of sp³-hybridized carbons (Fsp3) is 1.00. The summed E-state index contributed by atoms with van der Waals surface area (Å²) in [5.41, 5.74) is -0.348. The van der Waals surface area contributed by atoms with E-state index < -0.39 is 0 Å². The van der Waals surface area contributed by atoms with E-state index in [1.807, 2.05) is 6.92 Å². The molecule has 1 aliphatic rings. The lowest BCUT2D eigenvalue weighted by Crippen LogP contribution is -2.31. The fourth-order valence-corrected chi connectivity index (χ4v) is 1.95. The lowest BCUT2D eigenvalue weighted by molar-refractivity contribution is 0.000465. The van der Waals surface area contributed by atoms with Crippen LogP contribution < -0.4 is 0 Å². The molecule has 10 heavy (non-hydrogen) atoms. The van der Waals surface area contributed by atoms with E-state index in [4.69, 9.17) is 0 Å². The molecule has 2 unspecified atom stereocenters. The molecule has 1 N–H and O–H groups in total. The predicted octanol–water partition coefficient (Wildman–Crippen LogP) is 2.34. The Morgan fingerprint density at radius 1 is 1.60 bits per heavy atom. The van der Waals surface area contributed by atoms with Crippen molar-refractivity contribution >= 4 is 0 Å². The zero-order chi connectivity index (χ0) is 7.61. The molecule has 0 aromatic carbocycles. The molecule has 1 heteroatoms. The van der Waals surface area contributed by atoms with Crippen molar-refractivity contribution in [2.45, 2.75) is 51.6 Å². The molecule has 1 rings (SSSR count). The van der Waals surface area contributed by atoms with Crippen molar-refractivity contribution in [2.24, 2.45) is 5.92 Å². The summed E-state index contributed by atoms with van der Waals surface area (Å²) >= 11 is 0. The summed E-state index contributed by atoms with van der Waals surface area (Å²) in [6.45, 7) is 4.18. The third-order valence-electron chi connectivity index (χ3n) is 2.63.